The second kappa shape index (κ2) is 4.77. The Morgan fingerprint density at radius 3 is 2.42 bits per heavy atom. The third-order valence-electron chi connectivity index (χ3n) is 0.854. The van der Waals surface area contributed by atoms with E-state index in [0.717, 1.165) is 0 Å². The lowest BCUT2D eigenvalue weighted by molar-refractivity contribution is -0.135. The van der Waals surface area contributed by atoms with Crippen LogP contribution < -0.4 is 5.48 Å². The molecule has 0 rings (SSSR count). The average Bonchev–Trinajstić information content (AvgIpc) is 1.96. The molecule has 0 aliphatic carbocycles. The predicted molar refractivity (Wildman–Crippen MR) is 45.1 cm³/mol. The number of carbonyl (C=O) groups excluding carboxylic acids is 1. The molecule has 0 radical (unpaired) electrons. The lowest BCUT2D eigenvalue weighted by atomic mass is 10.2. The highest BCUT2D eigenvalue weighted by atomic mass is 16.7. The Morgan fingerprint density at radius 1 is 1.42 bits per heavy atom. The van der Waals surface area contributed by atoms with Gasteiger partial charge in [0.05, 0.1) is 12.7 Å². The summed E-state index contributed by atoms with van der Waals surface area (Å²) in [4.78, 5) is 15.6. The van der Waals surface area contributed by atoms with Gasteiger partial charge in [-0.15, -0.1) is 0 Å². The molecule has 4 heteroatoms. The SMILES string of the molecule is COC(=O)/C=C/NOC(C)(C)C. The Bertz CT molecular complexity index is 170. The normalized spacial score (nSPS) is 11.7. The van der Waals surface area contributed by atoms with Gasteiger partial charge < -0.3 is 4.74 Å². The van der Waals surface area contributed by atoms with E-state index in [-0.39, 0.29) is 5.60 Å². The Balaban J connectivity index is 3.56. The Morgan fingerprint density at radius 2 is 2.00 bits per heavy atom. The van der Waals surface area contributed by atoms with Crippen molar-refractivity contribution in [3.05, 3.63) is 12.3 Å². The van der Waals surface area contributed by atoms with Gasteiger partial charge in [-0.05, 0) is 20.8 Å². The van der Waals surface area contributed by atoms with Gasteiger partial charge in [0.25, 0.3) is 0 Å². The molecular weight excluding hydrogens is 158 g/mol. The molecule has 0 fully saturated rings. The highest BCUT2D eigenvalue weighted by Crippen LogP contribution is 2.02. The van der Waals surface area contributed by atoms with Crippen LogP contribution in [-0.4, -0.2) is 18.7 Å². The van der Waals surface area contributed by atoms with Crippen molar-refractivity contribution < 1.29 is 14.4 Å². The molecule has 0 aliphatic rings. The molecule has 0 unspecified atom stereocenters. The second-order valence-corrected chi connectivity index (χ2v) is 3.19. The van der Waals surface area contributed by atoms with Crippen molar-refractivity contribution in [3.8, 4) is 0 Å². The third-order valence-corrected chi connectivity index (χ3v) is 0.854. The summed E-state index contributed by atoms with van der Waals surface area (Å²) >= 11 is 0. The van der Waals surface area contributed by atoms with Gasteiger partial charge in [0.2, 0.25) is 0 Å². The summed E-state index contributed by atoms with van der Waals surface area (Å²) in [7, 11) is 1.32. The molecule has 0 aromatic carbocycles. The molecule has 70 valence electrons. The van der Waals surface area contributed by atoms with Crippen LogP contribution in [0.3, 0.4) is 0 Å². The lowest BCUT2D eigenvalue weighted by Gasteiger charge is -2.17. The molecule has 12 heavy (non-hydrogen) atoms. The van der Waals surface area contributed by atoms with Gasteiger partial charge in [-0.2, -0.15) is 0 Å². The molecule has 0 heterocycles. The Labute approximate surface area is 72.5 Å². The molecule has 0 atom stereocenters. The maximum absolute atomic E-state index is 10.5. The smallest absolute Gasteiger partial charge is 0.332 e. The van der Waals surface area contributed by atoms with Crippen LogP contribution in [0.25, 0.3) is 0 Å². The van der Waals surface area contributed by atoms with Crippen LogP contribution in [0.2, 0.25) is 0 Å². The van der Waals surface area contributed by atoms with Crippen LogP contribution in [0, 0.1) is 0 Å². The van der Waals surface area contributed by atoms with Gasteiger partial charge in [0.15, 0.2) is 0 Å². The minimum absolute atomic E-state index is 0.277. The summed E-state index contributed by atoms with van der Waals surface area (Å²) < 4.78 is 4.36. The molecule has 0 aromatic heterocycles. The van der Waals surface area contributed by atoms with Crippen molar-refractivity contribution in [2.24, 2.45) is 0 Å². The van der Waals surface area contributed by atoms with E-state index in [2.05, 4.69) is 10.2 Å². The second-order valence-electron chi connectivity index (χ2n) is 3.19. The van der Waals surface area contributed by atoms with Crippen LogP contribution >= 0.6 is 0 Å². The van der Waals surface area contributed by atoms with Crippen molar-refractivity contribution in [3.63, 3.8) is 0 Å². The fourth-order valence-corrected chi connectivity index (χ4v) is 0.381. The fourth-order valence-electron chi connectivity index (χ4n) is 0.381. The number of rotatable bonds is 3. The first-order chi connectivity index (χ1) is 5.45. The number of ether oxygens (including phenoxy) is 1. The maximum atomic E-state index is 10.5. The topological polar surface area (TPSA) is 47.6 Å². The molecule has 0 saturated carbocycles. The van der Waals surface area contributed by atoms with Crippen molar-refractivity contribution in [1.82, 2.24) is 5.48 Å². The van der Waals surface area contributed by atoms with Crippen molar-refractivity contribution in [2.45, 2.75) is 26.4 Å². The van der Waals surface area contributed by atoms with E-state index in [1.54, 1.807) is 0 Å². The fraction of sp³-hybridized carbons (Fsp3) is 0.625. The lowest BCUT2D eigenvalue weighted by Crippen LogP contribution is -2.25. The van der Waals surface area contributed by atoms with E-state index in [1.807, 2.05) is 20.8 Å². The largest absolute Gasteiger partial charge is 0.466 e. The van der Waals surface area contributed by atoms with Crippen LogP contribution in [0.5, 0.6) is 0 Å². The maximum Gasteiger partial charge on any atom is 0.332 e. The number of carbonyl (C=O) groups is 1. The first-order valence-corrected chi connectivity index (χ1v) is 3.64. The highest BCUT2D eigenvalue weighted by Gasteiger charge is 2.08. The molecule has 0 bridgehead atoms. The van der Waals surface area contributed by atoms with Gasteiger partial charge in [-0.3, -0.25) is 10.3 Å². The highest BCUT2D eigenvalue weighted by molar-refractivity contribution is 5.81. The molecule has 0 aromatic rings. The minimum atomic E-state index is -0.417. The molecule has 0 amide bonds. The van der Waals surface area contributed by atoms with E-state index in [1.165, 1.54) is 19.4 Å². The Hall–Kier alpha value is -1.03. The van der Waals surface area contributed by atoms with Crippen molar-refractivity contribution in [1.29, 1.82) is 0 Å². The summed E-state index contributed by atoms with van der Waals surface area (Å²) in [5.74, 6) is -0.417. The molecule has 0 aliphatic heterocycles. The Kier molecular flexibility index (Phi) is 4.36. The minimum Gasteiger partial charge on any atom is -0.466 e. The number of methoxy groups -OCH3 is 1. The van der Waals surface area contributed by atoms with Gasteiger partial charge in [-0.25, -0.2) is 4.79 Å². The quantitative estimate of drug-likeness (QED) is 0.393. The van der Waals surface area contributed by atoms with Crippen LogP contribution in [0.1, 0.15) is 20.8 Å². The standard InChI is InChI=1S/C8H15NO3/c1-8(2,3)12-9-6-5-7(10)11-4/h5-6,9H,1-4H3/b6-5+. The van der Waals surface area contributed by atoms with Gasteiger partial charge >= 0.3 is 5.97 Å². The zero-order valence-electron chi connectivity index (χ0n) is 7.88. The first kappa shape index (κ1) is 11.0. The molecular formula is C8H15NO3. The number of hydrogen-bond donors (Lipinski definition) is 1. The van der Waals surface area contributed by atoms with Crippen molar-refractivity contribution in [2.75, 3.05) is 7.11 Å². The zero-order valence-corrected chi connectivity index (χ0v) is 7.88. The van der Waals surface area contributed by atoms with Crippen molar-refractivity contribution >= 4 is 5.97 Å². The summed E-state index contributed by atoms with van der Waals surface area (Å²) in [6.45, 7) is 5.68. The summed E-state index contributed by atoms with van der Waals surface area (Å²) in [6, 6.07) is 0. The van der Waals surface area contributed by atoms with E-state index >= 15 is 0 Å². The average molecular weight is 173 g/mol. The van der Waals surface area contributed by atoms with Gasteiger partial charge in [-0.1, -0.05) is 0 Å². The number of hydrogen-bond acceptors (Lipinski definition) is 4. The van der Waals surface area contributed by atoms with Gasteiger partial charge in [0.1, 0.15) is 0 Å². The summed E-state index contributed by atoms with van der Waals surface area (Å²) in [5, 5.41) is 0. The molecule has 4 nitrogen and oxygen atoms in total. The number of nitrogens with one attached hydrogen (secondary N) is 1. The number of esters is 1. The summed E-state index contributed by atoms with van der Waals surface area (Å²) in [5.41, 5.74) is 2.23. The van der Waals surface area contributed by atoms with E-state index in [4.69, 9.17) is 4.84 Å². The van der Waals surface area contributed by atoms with E-state index in [0.29, 0.717) is 0 Å². The first-order valence-electron chi connectivity index (χ1n) is 3.64. The van der Waals surface area contributed by atoms with Crippen LogP contribution in [-0.2, 0) is 14.4 Å². The monoisotopic (exact) mass is 173 g/mol. The van der Waals surface area contributed by atoms with Crippen LogP contribution in [0.15, 0.2) is 12.3 Å². The zero-order chi connectivity index (χ0) is 9.61. The molecule has 0 spiro atoms. The van der Waals surface area contributed by atoms with Crippen LogP contribution in [0.4, 0.5) is 0 Å². The molecule has 0 saturated heterocycles. The van der Waals surface area contributed by atoms with E-state index < -0.39 is 5.97 Å². The van der Waals surface area contributed by atoms with E-state index in [9.17, 15) is 4.79 Å². The predicted octanol–water partition coefficient (Wildman–Crippen LogP) is 0.993. The third kappa shape index (κ3) is 7.08. The number of hydroxylamine groups is 1. The molecule has 1 N–H and O–H groups in total. The van der Waals surface area contributed by atoms with Gasteiger partial charge in [0, 0.05) is 12.3 Å². The summed E-state index contributed by atoms with van der Waals surface area (Å²) in [6.07, 6.45) is 2.63.